The number of carbonyl (C=O) groups is 1. The highest BCUT2D eigenvalue weighted by atomic mass is 32.2. The number of H-pyrrole nitrogens is 1. The van der Waals surface area contributed by atoms with Crippen LogP contribution < -0.4 is 0 Å². The number of nitrogens with one attached hydrogen (secondary N) is 1. The van der Waals surface area contributed by atoms with Gasteiger partial charge >= 0.3 is 5.97 Å². The second-order valence-electron chi connectivity index (χ2n) is 5.27. The maximum absolute atomic E-state index is 12.6. The number of aromatic amines is 1. The average molecular weight is 303 g/mol. The number of hydrogen-bond donors (Lipinski definition) is 3. The number of nitrogens with zero attached hydrogens (tertiary/aromatic N) is 2. The summed E-state index contributed by atoms with van der Waals surface area (Å²) in [6.45, 7) is 3.21. The van der Waals surface area contributed by atoms with Crippen molar-refractivity contribution in [3.63, 3.8) is 0 Å². The van der Waals surface area contributed by atoms with Gasteiger partial charge in [0.1, 0.15) is 4.90 Å². The van der Waals surface area contributed by atoms with Crippen LogP contribution in [0.25, 0.3) is 0 Å². The lowest BCUT2D eigenvalue weighted by molar-refractivity contribution is 0.00938. The van der Waals surface area contributed by atoms with Gasteiger partial charge < -0.3 is 10.2 Å². The third-order valence-electron chi connectivity index (χ3n) is 3.33. The minimum absolute atomic E-state index is 0.0565. The Labute approximate surface area is 116 Å². The summed E-state index contributed by atoms with van der Waals surface area (Å²) in [7, 11) is -4.00. The maximum Gasteiger partial charge on any atom is 0.357 e. The number of aliphatic hydroxyl groups is 1. The van der Waals surface area contributed by atoms with E-state index in [-0.39, 0.29) is 23.7 Å². The molecule has 1 aromatic heterocycles. The first-order valence-electron chi connectivity index (χ1n) is 6.16. The van der Waals surface area contributed by atoms with E-state index in [9.17, 15) is 18.3 Å². The lowest BCUT2D eigenvalue weighted by Gasteiger charge is -2.35. The number of aromatic carboxylic acids is 1. The van der Waals surface area contributed by atoms with Crippen LogP contribution in [0.3, 0.4) is 0 Å². The van der Waals surface area contributed by atoms with Gasteiger partial charge in [0.15, 0.2) is 5.69 Å². The first kappa shape index (κ1) is 14.9. The molecular formula is C11H17N3O5S. The number of sulfonamides is 1. The number of rotatable bonds is 3. The van der Waals surface area contributed by atoms with Crippen LogP contribution in [0.4, 0.5) is 0 Å². The Morgan fingerprint density at radius 3 is 2.70 bits per heavy atom. The van der Waals surface area contributed by atoms with Gasteiger partial charge in [-0.3, -0.25) is 5.10 Å². The third-order valence-corrected chi connectivity index (χ3v) is 5.34. The van der Waals surface area contributed by atoms with Crippen molar-refractivity contribution in [2.75, 3.05) is 13.1 Å². The molecular weight excluding hydrogens is 286 g/mol. The Kier molecular flexibility index (Phi) is 3.61. The molecule has 1 aliphatic heterocycles. The third kappa shape index (κ3) is 2.56. The maximum atomic E-state index is 12.6. The Morgan fingerprint density at radius 1 is 1.50 bits per heavy atom. The Balaban J connectivity index is 2.46. The number of carboxylic acids is 1. The molecule has 112 valence electrons. The van der Waals surface area contributed by atoms with Crippen LogP contribution in [0, 0.1) is 6.92 Å². The second-order valence-corrected chi connectivity index (χ2v) is 7.15. The summed E-state index contributed by atoms with van der Waals surface area (Å²) in [5.74, 6) is -1.41. The molecule has 0 aliphatic carbocycles. The van der Waals surface area contributed by atoms with Crippen LogP contribution >= 0.6 is 0 Å². The summed E-state index contributed by atoms with van der Waals surface area (Å²) in [6.07, 6.45) is 1.03. The molecule has 2 heterocycles. The Morgan fingerprint density at radius 2 is 2.15 bits per heavy atom. The van der Waals surface area contributed by atoms with Gasteiger partial charge in [0, 0.05) is 13.1 Å². The predicted octanol–water partition coefficient (Wildman–Crippen LogP) is -0.0482. The fourth-order valence-corrected chi connectivity index (χ4v) is 4.27. The fraction of sp³-hybridized carbons (Fsp3) is 0.636. The lowest BCUT2D eigenvalue weighted by atomic mass is 9.97. The average Bonchev–Trinajstić information content (AvgIpc) is 2.70. The van der Waals surface area contributed by atoms with Gasteiger partial charge in [0.05, 0.1) is 11.3 Å². The minimum atomic E-state index is -4.00. The molecule has 0 saturated carbocycles. The number of aryl methyl sites for hydroxylation is 1. The number of hydrogen-bond acceptors (Lipinski definition) is 5. The monoisotopic (exact) mass is 303 g/mol. The molecule has 0 amide bonds. The summed E-state index contributed by atoms with van der Waals surface area (Å²) in [5, 5.41) is 24.9. The van der Waals surface area contributed by atoms with Crippen molar-refractivity contribution in [3.8, 4) is 0 Å². The van der Waals surface area contributed by atoms with E-state index in [0.29, 0.717) is 12.8 Å². The first-order chi connectivity index (χ1) is 9.15. The van der Waals surface area contributed by atoms with Crippen molar-refractivity contribution < 1.29 is 23.4 Å². The molecule has 0 spiro atoms. The molecule has 1 saturated heterocycles. The van der Waals surface area contributed by atoms with E-state index >= 15 is 0 Å². The van der Waals surface area contributed by atoms with Crippen molar-refractivity contribution in [3.05, 3.63) is 11.4 Å². The van der Waals surface area contributed by atoms with E-state index in [2.05, 4.69) is 10.2 Å². The minimum Gasteiger partial charge on any atom is -0.476 e. The van der Waals surface area contributed by atoms with Crippen molar-refractivity contribution in [2.24, 2.45) is 0 Å². The van der Waals surface area contributed by atoms with Gasteiger partial charge in [0.2, 0.25) is 10.0 Å². The summed E-state index contributed by atoms with van der Waals surface area (Å²) >= 11 is 0. The van der Waals surface area contributed by atoms with E-state index in [1.165, 1.54) is 6.92 Å². The molecule has 0 radical (unpaired) electrons. The van der Waals surface area contributed by atoms with Crippen molar-refractivity contribution >= 4 is 16.0 Å². The van der Waals surface area contributed by atoms with E-state index < -0.39 is 27.3 Å². The summed E-state index contributed by atoms with van der Waals surface area (Å²) in [5.41, 5.74) is -1.45. The zero-order chi connectivity index (χ0) is 15.1. The first-order valence-corrected chi connectivity index (χ1v) is 7.60. The summed E-state index contributed by atoms with van der Waals surface area (Å²) in [6, 6.07) is 0. The zero-order valence-electron chi connectivity index (χ0n) is 11.3. The van der Waals surface area contributed by atoms with Crippen LogP contribution in [-0.4, -0.2) is 57.8 Å². The largest absolute Gasteiger partial charge is 0.476 e. The quantitative estimate of drug-likeness (QED) is 0.719. The summed E-state index contributed by atoms with van der Waals surface area (Å²) < 4.78 is 26.3. The molecule has 1 atom stereocenters. The fourth-order valence-electron chi connectivity index (χ4n) is 2.39. The Bertz CT molecular complexity index is 634. The second kappa shape index (κ2) is 4.83. The Hall–Kier alpha value is -1.45. The molecule has 8 nitrogen and oxygen atoms in total. The number of piperidine rings is 1. The van der Waals surface area contributed by atoms with Crippen LogP contribution in [-0.2, 0) is 10.0 Å². The molecule has 20 heavy (non-hydrogen) atoms. The SMILES string of the molecule is Cc1[nH]nc(C(=O)O)c1S(=O)(=O)N1CCCC(C)(O)C1. The van der Waals surface area contributed by atoms with E-state index in [1.54, 1.807) is 6.92 Å². The number of carboxylic acid groups (broad SMARTS) is 1. The van der Waals surface area contributed by atoms with Crippen molar-refractivity contribution in [2.45, 2.75) is 37.2 Å². The highest BCUT2D eigenvalue weighted by Gasteiger charge is 2.39. The van der Waals surface area contributed by atoms with Crippen LogP contribution in [0.2, 0.25) is 0 Å². The van der Waals surface area contributed by atoms with Gasteiger partial charge in [-0.15, -0.1) is 0 Å². The van der Waals surface area contributed by atoms with Crippen molar-refractivity contribution in [1.29, 1.82) is 0 Å². The zero-order valence-corrected chi connectivity index (χ0v) is 12.1. The summed E-state index contributed by atoms with van der Waals surface area (Å²) in [4.78, 5) is 10.7. The molecule has 1 unspecified atom stereocenters. The standard InChI is InChI=1S/C11H17N3O5S/c1-7-9(8(10(15)16)13-12-7)20(18,19)14-5-3-4-11(2,17)6-14/h17H,3-6H2,1-2H3,(H,12,13)(H,15,16). The number of aromatic nitrogens is 2. The lowest BCUT2D eigenvalue weighted by Crippen LogP contribution is -2.48. The normalized spacial score (nSPS) is 24.8. The molecule has 0 aromatic carbocycles. The van der Waals surface area contributed by atoms with Crippen LogP contribution in [0.5, 0.6) is 0 Å². The molecule has 2 rings (SSSR count). The smallest absolute Gasteiger partial charge is 0.357 e. The molecule has 1 aromatic rings. The van der Waals surface area contributed by atoms with Crippen molar-refractivity contribution in [1.82, 2.24) is 14.5 Å². The van der Waals surface area contributed by atoms with Crippen LogP contribution in [0.15, 0.2) is 4.90 Å². The van der Waals surface area contributed by atoms with Gasteiger partial charge in [0.25, 0.3) is 0 Å². The predicted molar refractivity (Wildman–Crippen MR) is 68.9 cm³/mol. The van der Waals surface area contributed by atoms with Gasteiger partial charge in [-0.05, 0) is 26.7 Å². The number of β-amino-alcohol motifs (C(OH)–C–C–N with tert-alkyl or cyclic N) is 1. The van der Waals surface area contributed by atoms with Crippen LogP contribution in [0.1, 0.15) is 35.9 Å². The molecule has 3 N–H and O–H groups in total. The van der Waals surface area contributed by atoms with E-state index in [0.717, 1.165) is 4.31 Å². The van der Waals surface area contributed by atoms with E-state index in [1.807, 2.05) is 0 Å². The highest BCUT2D eigenvalue weighted by Crippen LogP contribution is 2.28. The highest BCUT2D eigenvalue weighted by molar-refractivity contribution is 7.89. The molecule has 1 fully saturated rings. The van der Waals surface area contributed by atoms with E-state index in [4.69, 9.17) is 5.11 Å². The molecule has 9 heteroatoms. The van der Waals surface area contributed by atoms with Gasteiger partial charge in [-0.1, -0.05) is 0 Å². The van der Waals surface area contributed by atoms with Gasteiger partial charge in [-0.25, -0.2) is 13.2 Å². The molecule has 1 aliphatic rings. The van der Waals surface area contributed by atoms with Gasteiger partial charge in [-0.2, -0.15) is 9.40 Å². The topological polar surface area (TPSA) is 124 Å². The molecule has 0 bridgehead atoms.